The Morgan fingerprint density at radius 1 is 1.04 bits per heavy atom. The number of hydrogen-bond acceptors (Lipinski definition) is 4. The van der Waals surface area contributed by atoms with Crippen LogP contribution < -0.4 is 16.0 Å². The molecule has 2 aromatic carbocycles. The number of aromatic nitrogens is 1. The number of thiazole rings is 1. The van der Waals surface area contributed by atoms with E-state index in [-0.39, 0.29) is 11.9 Å². The third kappa shape index (κ3) is 3.95. The van der Waals surface area contributed by atoms with E-state index in [1.54, 1.807) is 12.1 Å². The number of benzene rings is 2. The first kappa shape index (κ1) is 16.9. The molecule has 0 aliphatic heterocycles. The van der Waals surface area contributed by atoms with Gasteiger partial charge in [-0.3, -0.25) is 4.79 Å². The van der Waals surface area contributed by atoms with Crippen molar-refractivity contribution in [3.8, 4) is 0 Å². The largest absolute Gasteiger partial charge is 0.323 e. The van der Waals surface area contributed by atoms with Gasteiger partial charge in [0.25, 0.3) is 0 Å². The van der Waals surface area contributed by atoms with Crippen LogP contribution in [0, 0.1) is 13.8 Å². The third-order valence-electron chi connectivity index (χ3n) is 3.78. The van der Waals surface area contributed by atoms with Crippen LogP contribution in [0.25, 0.3) is 10.2 Å². The van der Waals surface area contributed by atoms with Crippen LogP contribution in [0.15, 0.2) is 36.4 Å². The second-order valence-electron chi connectivity index (χ2n) is 5.71. The molecule has 0 fully saturated rings. The molecule has 0 bridgehead atoms. The molecule has 0 saturated heterocycles. The summed E-state index contributed by atoms with van der Waals surface area (Å²) >= 11 is 1.39. The monoisotopic (exact) mass is 354 g/mol. The van der Waals surface area contributed by atoms with Crippen LogP contribution in [-0.2, 0) is 4.79 Å². The highest BCUT2D eigenvalue weighted by Gasteiger charge is 2.09. The molecule has 7 heteroatoms. The molecule has 0 atom stereocenters. The average molecular weight is 354 g/mol. The second-order valence-corrected chi connectivity index (χ2v) is 6.74. The van der Waals surface area contributed by atoms with E-state index in [2.05, 4.69) is 20.9 Å². The highest BCUT2D eigenvalue weighted by molar-refractivity contribution is 7.22. The second kappa shape index (κ2) is 6.90. The minimum Gasteiger partial charge on any atom is -0.308 e. The van der Waals surface area contributed by atoms with E-state index in [9.17, 15) is 9.59 Å². The van der Waals surface area contributed by atoms with E-state index in [1.165, 1.54) is 18.3 Å². The molecular formula is C18H18N4O2S. The zero-order valence-corrected chi connectivity index (χ0v) is 15.0. The Labute approximate surface area is 149 Å². The van der Waals surface area contributed by atoms with Gasteiger partial charge >= 0.3 is 6.03 Å². The predicted octanol–water partition coefficient (Wildman–Crippen LogP) is 4.52. The lowest BCUT2D eigenvalue weighted by Gasteiger charge is -2.11. The lowest BCUT2D eigenvalue weighted by molar-refractivity contribution is -0.114. The zero-order chi connectivity index (χ0) is 18.0. The quantitative estimate of drug-likeness (QED) is 0.647. The van der Waals surface area contributed by atoms with Crippen LogP contribution in [0.2, 0.25) is 0 Å². The first-order chi connectivity index (χ1) is 11.9. The van der Waals surface area contributed by atoms with Crippen LogP contribution in [0.3, 0.4) is 0 Å². The number of carbonyl (C=O) groups is 2. The standard InChI is InChI=1S/C18H18N4O2S/c1-10-5-4-6-14(11(10)2)21-17(24)20-13-7-8-16-15(9-13)22-18(25-16)19-12(3)23/h4-9H,1-3H3,(H,19,22,23)(H2,20,21,24). The number of rotatable bonds is 3. The maximum absolute atomic E-state index is 12.2. The van der Waals surface area contributed by atoms with Crippen molar-refractivity contribution in [3.05, 3.63) is 47.5 Å². The number of urea groups is 1. The van der Waals surface area contributed by atoms with Gasteiger partial charge in [0.15, 0.2) is 5.13 Å². The number of hydrogen-bond donors (Lipinski definition) is 3. The Morgan fingerprint density at radius 3 is 2.60 bits per heavy atom. The van der Waals surface area contributed by atoms with Gasteiger partial charge in [-0.15, -0.1) is 0 Å². The summed E-state index contributed by atoms with van der Waals surface area (Å²) in [6.45, 7) is 5.41. The van der Waals surface area contributed by atoms with E-state index in [4.69, 9.17) is 0 Å². The molecule has 0 aliphatic rings. The predicted molar refractivity (Wildman–Crippen MR) is 102 cm³/mol. The average Bonchev–Trinajstić information content (AvgIpc) is 2.92. The Kier molecular flexibility index (Phi) is 4.67. The van der Waals surface area contributed by atoms with Gasteiger partial charge in [0, 0.05) is 18.3 Å². The summed E-state index contributed by atoms with van der Waals surface area (Å²) in [5.41, 5.74) is 4.29. The van der Waals surface area contributed by atoms with Gasteiger partial charge in [0.1, 0.15) is 0 Å². The molecule has 128 valence electrons. The number of nitrogens with zero attached hydrogens (tertiary/aromatic N) is 1. The maximum atomic E-state index is 12.2. The lowest BCUT2D eigenvalue weighted by Crippen LogP contribution is -2.20. The Bertz CT molecular complexity index is 965. The van der Waals surface area contributed by atoms with Crippen molar-refractivity contribution < 1.29 is 9.59 Å². The Hall–Kier alpha value is -2.93. The molecule has 0 aliphatic carbocycles. The summed E-state index contributed by atoms with van der Waals surface area (Å²) in [5.74, 6) is -0.162. The summed E-state index contributed by atoms with van der Waals surface area (Å²) in [6.07, 6.45) is 0. The molecule has 1 heterocycles. The van der Waals surface area contributed by atoms with Gasteiger partial charge < -0.3 is 16.0 Å². The number of carbonyl (C=O) groups excluding carboxylic acids is 2. The van der Waals surface area contributed by atoms with Crippen molar-refractivity contribution in [2.45, 2.75) is 20.8 Å². The SMILES string of the molecule is CC(=O)Nc1nc2cc(NC(=O)Nc3cccc(C)c3C)ccc2s1. The summed E-state index contributed by atoms with van der Waals surface area (Å²) in [6, 6.07) is 10.9. The number of nitrogens with one attached hydrogen (secondary N) is 3. The number of aryl methyl sites for hydroxylation is 1. The van der Waals surface area contributed by atoms with Gasteiger partial charge in [-0.05, 0) is 49.2 Å². The highest BCUT2D eigenvalue weighted by Crippen LogP contribution is 2.28. The zero-order valence-electron chi connectivity index (χ0n) is 14.1. The van der Waals surface area contributed by atoms with Crippen molar-refractivity contribution in [1.29, 1.82) is 0 Å². The van der Waals surface area contributed by atoms with Gasteiger partial charge in [0.2, 0.25) is 5.91 Å². The van der Waals surface area contributed by atoms with Gasteiger partial charge in [-0.2, -0.15) is 0 Å². The molecule has 6 nitrogen and oxygen atoms in total. The molecular weight excluding hydrogens is 336 g/mol. The van der Waals surface area contributed by atoms with Crippen molar-refractivity contribution in [2.75, 3.05) is 16.0 Å². The lowest BCUT2D eigenvalue weighted by atomic mass is 10.1. The Morgan fingerprint density at radius 2 is 1.84 bits per heavy atom. The molecule has 0 radical (unpaired) electrons. The normalized spacial score (nSPS) is 10.5. The molecule has 25 heavy (non-hydrogen) atoms. The summed E-state index contributed by atoms with van der Waals surface area (Å²) in [4.78, 5) is 27.7. The Balaban J connectivity index is 1.74. The summed E-state index contributed by atoms with van der Waals surface area (Å²) in [5, 5.41) is 8.87. The molecule has 3 amide bonds. The fourth-order valence-corrected chi connectivity index (χ4v) is 3.27. The number of amides is 3. The molecule has 0 saturated carbocycles. The number of anilines is 3. The molecule has 3 rings (SSSR count). The molecule has 3 N–H and O–H groups in total. The van der Waals surface area contributed by atoms with E-state index in [0.717, 1.165) is 27.0 Å². The fraction of sp³-hybridized carbons (Fsp3) is 0.167. The van der Waals surface area contributed by atoms with Gasteiger partial charge in [0.05, 0.1) is 10.2 Å². The van der Waals surface area contributed by atoms with Crippen LogP contribution >= 0.6 is 11.3 Å². The molecule has 0 spiro atoms. The minimum atomic E-state index is -0.314. The molecule has 3 aromatic rings. The fourth-order valence-electron chi connectivity index (χ4n) is 2.38. The van der Waals surface area contributed by atoms with Crippen LogP contribution in [0.1, 0.15) is 18.1 Å². The van der Waals surface area contributed by atoms with Crippen molar-refractivity contribution >= 4 is 50.0 Å². The molecule has 0 unspecified atom stereocenters. The minimum absolute atomic E-state index is 0.162. The van der Waals surface area contributed by atoms with E-state index >= 15 is 0 Å². The maximum Gasteiger partial charge on any atom is 0.323 e. The number of fused-ring (bicyclic) bond motifs is 1. The van der Waals surface area contributed by atoms with Crippen LogP contribution in [-0.4, -0.2) is 16.9 Å². The van der Waals surface area contributed by atoms with Gasteiger partial charge in [-0.25, -0.2) is 9.78 Å². The topological polar surface area (TPSA) is 83.1 Å². The van der Waals surface area contributed by atoms with Crippen LogP contribution in [0.4, 0.5) is 21.3 Å². The van der Waals surface area contributed by atoms with Crippen LogP contribution in [0.5, 0.6) is 0 Å². The summed E-state index contributed by atoms with van der Waals surface area (Å²) < 4.78 is 0.934. The van der Waals surface area contributed by atoms with E-state index in [1.807, 2.05) is 38.1 Å². The first-order valence-corrected chi connectivity index (χ1v) is 8.56. The smallest absolute Gasteiger partial charge is 0.308 e. The summed E-state index contributed by atoms with van der Waals surface area (Å²) in [7, 11) is 0. The van der Waals surface area contributed by atoms with Gasteiger partial charge in [-0.1, -0.05) is 23.5 Å². The highest BCUT2D eigenvalue weighted by atomic mass is 32.1. The third-order valence-corrected chi connectivity index (χ3v) is 4.73. The van der Waals surface area contributed by atoms with Crippen molar-refractivity contribution in [1.82, 2.24) is 4.98 Å². The van der Waals surface area contributed by atoms with Crippen molar-refractivity contribution in [2.24, 2.45) is 0 Å². The molecule has 1 aromatic heterocycles. The van der Waals surface area contributed by atoms with E-state index < -0.39 is 0 Å². The van der Waals surface area contributed by atoms with Crippen molar-refractivity contribution in [3.63, 3.8) is 0 Å². The first-order valence-electron chi connectivity index (χ1n) is 7.75. The van der Waals surface area contributed by atoms with E-state index in [0.29, 0.717) is 10.8 Å².